The minimum absolute atomic E-state index is 0.0514. The molecule has 0 atom stereocenters. The van der Waals surface area contributed by atoms with Crippen molar-refractivity contribution in [3.8, 4) is 17.3 Å². The van der Waals surface area contributed by atoms with E-state index in [4.69, 9.17) is 14.3 Å². The number of carbonyl (C=O) groups is 1. The molecule has 2 heterocycles. The molecule has 6 rings (SSSR count). The smallest absolute Gasteiger partial charge is 0.335 e. The van der Waals surface area contributed by atoms with Crippen molar-refractivity contribution in [1.82, 2.24) is 9.66 Å². The van der Waals surface area contributed by atoms with Crippen LogP contribution < -0.4 is 10.3 Å². The average molecular weight is 639 g/mol. The van der Waals surface area contributed by atoms with E-state index >= 15 is 0 Å². The van der Waals surface area contributed by atoms with Crippen molar-refractivity contribution in [3.05, 3.63) is 133 Å². The number of aromatic nitrogens is 2. The van der Waals surface area contributed by atoms with Crippen molar-refractivity contribution in [3.63, 3.8) is 0 Å². The molecule has 12 heteroatoms. The number of nitro benzene ring substituents is 1. The van der Waals surface area contributed by atoms with Gasteiger partial charge in [-0.25, -0.2) is 9.78 Å². The van der Waals surface area contributed by atoms with Gasteiger partial charge in [0.25, 0.3) is 11.2 Å². The number of furan rings is 1. The van der Waals surface area contributed by atoms with E-state index in [1.807, 2.05) is 12.1 Å². The van der Waals surface area contributed by atoms with Crippen molar-refractivity contribution in [1.29, 1.82) is 0 Å². The van der Waals surface area contributed by atoms with Crippen molar-refractivity contribution >= 4 is 55.7 Å². The number of fused-ring (bicyclic) bond motifs is 2. The zero-order chi connectivity index (χ0) is 30.1. The van der Waals surface area contributed by atoms with Crippen LogP contribution in [0, 0.1) is 10.1 Å². The zero-order valence-electron chi connectivity index (χ0n) is 22.0. The molecule has 0 saturated heterocycles. The van der Waals surface area contributed by atoms with Crippen LogP contribution in [0.25, 0.3) is 33.5 Å². The fourth-order valence-electron chi connectivity index (χ4n) is 4.42. The minimum Gasteiger partial charge on any atom is -0.488 e. The first kappa shape index (κ1) is 27.5. The van der Waals surface area contributed by atoms with E-state index in [0.717, 1.165) is 14.5 Å². The van der Waals surface area contributed by atoms with Gasteiger partial charge in [0.15, 0.2) is 5.76 Å². The molecule has 2 aromatic heterocycles. The van der Waals surface area contributed by atoms with Gasteiger partial charge in [0, 0.05) is 27.6 Å². The number of aromatic carboxylic acids is 1. The molecule has 0 fully saturated rings. The maximum Gasteiger partial charge on any atom is 0.335 e. The number of hydrogen-bond donors (Lipinski definition) is 1. The van der Waals surface area contributed by atoms with Gasteiger partial charge in [-0.2, -0.15) is 9.78 Å². The quantitative estimate of drug-likeness (QED) is 0.111. The standard InChI is InChI=1S/C31H19BrN4O7/c32-22-9-11-27-20(13-22)15-28(43-27)29-34-25-4-2-1-3-24(25)30(37)35(29)33-16-21-14-23(36(40)41)10-12-26(21)42-17-18-5-7-19(8-6-18)31(38)39/h1-16H,17H2,(H,38,39). The Morgan fingerprint density at radius 3 is 2.63 bits per heavy atom. The Morgan fingerprint density at radius 2 is 1.86 bits per heavy atom. The molecule has 4 aromatic carbocycles. The summed E-state index contributed by atoms with van der Waals surface area (Å²) in [5.41, 5.74) is 1.41. The molecular formula is C31H19BrN4O7. The third-order valence-corrected chi connectivity index (χ3v) is 7.06. The molecule has 11 nitrogen and oxygen atoms in total. The van der Waals surface area contributed by atoms with Gasteiger partial charge in [-0.1, -0.05) is 40.2 Å². The Hall–Kier alpha value is -5.62. The van der Waals surface area contributed by atoms with Crippen LogP contribution in [0.2, 0.25) is 0 Å². The maximum absolute atomic E-state index is 13.6. The lowest BCUT2D eigenvalue weighted by molar-refractivity contribution is -0.384. The summed E-state index contributed by atoms with van der Waals surface area (Å²) in [6, 6.07) is 24.2. The van der Waals surface area contributed by atoms with Crippen LogP contribution in [0.4, 0.5) is 5.69 Å². The summed E-state index contributed by atoms with van der Waals surface area (Å²) in [5, 5.41) is 26.2. The Kier molecular flexibility index (Phi) is 7.26. The average Bonchev–Trinajstić information content (AvgIpc) is 3.43. The molecule has 0 saturated carbocycles. The predicted octanol–water partition coefficient (Wildman–Crippen LogP) is 6.64. The van der Waals surface area contributed by atoms with Gasteiger partial charge in [-0.05, 0) is 60.2 Å². The normalized spacial score (nSPS) is 11.4. The first-order valence-electron chi connectivity index (χ1n) is 12.8. The molecule has 0 aliphatic carbocycles. The molecule has 212 valence electrons. The molecule has 0 amide bonds. The Balaban J connectivity index is 1.43. The van der Waals surface area contributed by atoms with Gasteiger partial charge in [-0.15, -0.1) is 0 Å². The molecule has 0 bridgehead atoms. The number of nitro groups is 1. The number of carboxylic acids is 1. The highest BCUT2D eigenvalue weighted by Gasteiger charge is 2.18. The topological polar surface area (TPSA) is 150 Å². The lowest BCUT2D eigenvalue weighted by Gasteiger charge is -2.10. The maximum atomic E-state index is 13.6. The summed E-state index contributed by atoms with van der Waals surface area (Å²) < 4.78 is 13.9. The highest BCUT2D eigenvalue weighted by atomic mass is 79.9. The highest BCUT2D eigenvalue weighted by Crippen LogP contribution is 2.30. The molecular weight excluding hydrogens is 620 g/mol. The molecule has 43 heavy (non-hydrogen) atoms. The second kappa shape index (κ2) is 11.3. The largest absolute Gasteiger partial charge is 0.488 e. The first-order chi connectivity index (χ1) is 20.8. The van der Waals surface area contributed by atoms with Crippen LogP contribution in [0.15, 0.2) is 110 Å². The minimum atomic E-state index is -1.05. The number of hydrogen-bond acceptors (Lipinski definition) is 8. The molecule has 6 aromatic rings. The number of ether oxygens (including phenoxy) is 1. The highest BCUT2D eigenvalue weighted by molar-refractivity contribution is 9.10. The third kappa shape index (κ3) is 5.63. The molecule has 1 N–H and O–H groups in total. The number of non-ortho nitro benzene ring substituents is 1. The van der Waals surface area contributed by atoms with Crippen LogP contribution in [0.3, 0.4) is 0 Å². The summed E-state index contributed by atoms with van der Waals surface area (Å²) >= 11 is 3.45. The summed E-state index contributed by atoms with van der Waals surface area (Å²) in [5.74, 6) is -0.352. The summed E-state index contributed by atoms with van der Waals surface area (Å²) in [6.45, 7) is 0.0514. The number of para-hydroxylation sites is 1. The van der Waals surface area contributed by atoms with Gasteiger partial charge < -0.3 is 14.3 Å². The third-order valence-electron chi connectivity index (χ3n) is 6.56. The van der Waals surface area contributed by atoms with Crippen LogP contribution in [-0.2, 0) is 6.61 Å². The summed E-state index contributed by atoms with van der Waals surface area (Å²) in [7, 11) is 0. The van der Waals surface area contributed by atoms with Gasteiger partial charge in [-0.3, -0.25) is 14.9 Å². The summed E-state index contributed by atoms with van der Waals surface area (Å²) in [6.07, 6.45) is 1.29. The van der Waals surface area contributed by atoms with Crippen molar-refractivity contribution in [2.75, 3.05) is 0 Å². The fraction of sp³-hybridized carbons (Fsp3) is 0.0323. The second-order valence-electron chi connectivity index (χ2n) is 9.38. The van der Waals surface area contributed by atoms with Crippen LogP contribution in [0.5, 0.6) is 5.75 Å². The lowest BCUT2D eigenvalue weighted by atomic mass is 10.1. The first-order valence-corrected chi connectivity index (χ1v) is 13.6. The molecule has 0 spiro atoms. The van der Waals surface area contributed by atoms with Gasteiger partial charge in [0.05, 0.1) is 27.6 Å². The second-order valence-corrected chi connectivity index (χ2v) is 10.3. The number of rotatable bonds is 8. The van der Waals surface area contributed by atoms with Crippen molar-refractivity contribution in [2.24, 2.45) is 5.10 Å². The lowest BCUT2D eigenvalue weighted by Crippen LogP contribution is -2.20. The van der Waals surface area contributed by atoms with E-state index in [-0.39, 0.29) is 35.0 Å². The monoisotopic (exact) mass is 638 g/mol. The van der Waals surface area contributed by atoms with E-state index in [2.05, 4.69) is 26.0 Å². The summed E-state index contributed by atoms with van der Waals surface area (Å²) in [4.78, 5) is 40.4. The number of carboxylic acid groups (broad SMARTS) is 1. The van der Waals surface area contributed by atoms with E-state index in [1.165, 1.54) is 36.5 Å². The fourth-order valence-corrected chi connectivity index (χ4v) is 4.80. The van der Waals surface area contributed by atoms with E-state index in [9.17, 15) is 19.7 Å². The predicted molar refractivity (Wildman–Crippen MR) is 163 cm³/mol. The molecule has 0 radical (unpaired) electrons. The van der Waals surface area contributed by atoms with Gasteiger partial charge in [0.1, 0.15) is 17.9 Å². The SMILES string of the molecule is O=C(O)c1ccc(COc2ccc([N+](=O)[O-])cc2C=Nn2c(-c3cc4cc(Br)ccc4o3)nc3ccccc3c2=O)cc1. The molecule has 0 aliphatic rings. The van der Waals surface area contributed by atoms with Crippen molar-refractivity contribution < 1.29 is 24.0 Å². The van der Waals surface area contributed by atoms with Crippen LogP contribution in [0.1, 0.15) is 21.5 Å². The molecule has 0 unspecified atom stereocenters. The van der Waals surface area contributed by atoms with Crippen molar-refractivity contribution in [2.45, 2.75) is 6.61 Å². The van der Waals surface area contributed by atoms with Gasteiger partial charge in [0.2, 0.25) is 5.82 Å². The van der Waals surface area contributed by atoms with Gasteiger partial charge >= 0.3 is 5.97 Å². The number of benzene rings is 4. The molecule has 0 aliphatic heterocycles. The Labute approximate surface area is 250 Å². The van der Waals surface area contributed by atoms with Crippen LogP contribution in [-0.4, -0.2) is 31.9 Å². The number of nitrogens with zero attached hydrogens (tertiary/aromatic N) is 4. The van der Waals surface area contributed by atoms with Crippen LogP contribution >= 0.6 is 15.9 Å². The Morgan fingerprint density at radius 1 is 1.07 bits per heavy atom. The van der Waals surface area contributed by atoms with E-state index < -0.39 is 16.5 Å². The van der Waals surface area contributed by atoms with E-state index in [1.54, 1.807) is 48.5 Å². The van der Waals surface area contributed by atoms with E-state index in [0.29, 0.717) is 27.8 Å². The number of halogens is 1. The Bertz CT molecular complexity index is 2140. The zero-order valence-corrected chi connectivity index (χ0v) is 23.6.